The average molecular weight is 242 g/mol. The lowest BCUT2D eigenvalue weighted by atomic mass is 9.88. The molecular weight excluding hydrogens is 222 g/mol. The number of pyridine rings is 1. The molecule has 0 saturated heterocycles. The van der Waals surface area contributed by atoms with Crippen molar-refractivity contribution in [3.63, 3.8) is 0 Å². The van der Waals surface area contributed by atoms with E-state index in [2.05, 4.69) is 45.0 Å². The van der Waals surface area contributed by atoms with Crippen LogP contribution in [0.25, 0.3) is 0 Å². The van der Waals surface area contributed by atoms with Gasteiger partial charge in [0.05, 0.1) is 0 Å². The normalized spacial score (nSPS) is 11.3. The molecule has 0 amide bonds. The van der Waals surface area contributed by atoms with Crippen LogP contribution in [0.15, 0.2) is 54.9 Å². The molecule has 0 aliphatic carbocycles. The van der Waals surface area contributed by atoms with Gasteiger partial charge in [-0.05, 0) is 16.5 Å². The summed E-state index contributed by atoms with van der Waals surface area (Å²) in [6.07, 6.45) is 3.92. The Morgan fingerprint density at radius 3 is 2.11 bits per heavy atom. The lowest BCUT2D eigenvalue weighted by Crippen LogP contribution is -2.41. The molecule has 0 radical (unpaired) electrons. The van der Waals surface area contributed by atoms with Gasteiger partial charge in [-0.25, -0.2) is 0 Å². The molecule has 0 N–H and O–H groups in total. The molecule has 0 fully saturated rings. The fourth-order valence-corrected chi connectivity index (χ4v) is 1.72. The van der Waals surface area contributed by atoms with Crippen molar-refractivity contribution in [2.75, 3.05) is 0 Å². The van der Waals surface area contributed by atoms with Gasteiger partial charge in [0.15, 0.2) is 6.61 Å². The number of hydrogen-bond acceptors (Lipinski definition) is 1. The highest BCUT2D eigenvalue weighted by Crippen LogP contribution is 2.19. The van der Waals surface area contributed by atoms with Crippen molar-refractivity contribution >= 4 is 0 Å². The van der Waals surface area contributed by atoms with E-state index in [9.17, 15) is 0 Å². The van der Waals surface area contributed by atoms with Crippen molar-refractivity contribution in [2.24, 2.45) is 0 Å². The fraction of sp³-hybridized carbons (Fsp3) is 0.312. The fourth-order valence-electron chi connectivity index (χ4n) is 1.72. The van der Waals surface area contributed by atoms with Crippen molar-refractivity contribution in [1.29, 1.82) is 0 Å². The number of hydrogen-bond donors (Lipinski definition) is 0. The summed E-state index contributed by atoms with van der Waals surface area (Å²) in [5.41, 5.74) is 2.66. The van der Waals surface area contributed by atoms with Crippen LogP contribution in [0.2, 0.25) is 0 Å². The van der Waals surface area contributed by atoms with E-state index in [0.717, 1.165) is 0 Å². The van der Waals surface area contributed by atoms with Crippen LogP contribution in [0.4, 0.5) is 0 Å². The van der Waals surface area contributed by atoms with E-state index >= 15 is 0 Å². The van der Waals surface area contributed by atoms with Gasteiger partial charge < -0.3 is 0 Å². The first-order valence-corrected chi connectivity index (χ1v) is 6.25. The quantitative estimate of drug-likeness (QED) is 0.754. The Morgan fingerprint density at radius 2 is 1.56 bits per heavy atom. The molecule has 1 aromatic carbocycles. The topological polar surface area (TPSA) is 13.1 Å². The molecule has 94 valence electrons. The smallest absolute Gasteiger partial charge is 0.222 e. The van der Waals surface area contributed by atoms with Crippen LogP contribution >= 0.6 is 0 Å². The minimum absolute atomic E-state index is 0.179. The first kappa shape index (κ1) is 12.6. The van der Waals surface area contributed by atoms with Crippen LogP contribution in [0.5, 0.6) is 0 Å². The Hall–Kier alpha value is -1.83. The highest BCUT2D eigenvalue weighted by atomic mass is 16.7. The summed E-state index contributed by atoms with van der Waals surface area (Å²) >= 11 is 0. The third kappa shape index (κ3) is 3.33. The highest BCUT2D eigenvalue weighted by molar-refractivity contribution is 5.17. The summed E-state index contributed by atoms with van der Waals surface area (Å²) in [5, 5.41) is 0. The summed E-state index contributed by atoms with van der Waals surface area (Å²) in [4.78, 5) is 5.68. The Labute approximate surface area is 109 Å². The highest BCUT2D eigenvalue weighted by Gasteiger charge is 2.15. The van der Waals surface area contributed by atoms with Crippen LogP contribution in [0, 0.1) is 0 Å². The van der Waals surface area contributed by atoms with Crippen molar-refractivity contribution in [3.8, 4) is 0 Å². The van der Waals surface area contributed by atoms with Gasteiger partial charge in [-0.1, -0.05) is 51.1 Å². The molecule has 0 aliphatic rings. The predicted molar refractivity (Wildman–Crippen MR) is 72.1 cm³/mol. The lowest BCUT2D eigenvalue weighted by molar-refractivity contribution is -0.895. The van der Waals surface area contributed by atoms with Gasteiger partial charge in [0, 0.05) is 16.9 Å². The van der Waals surface area contributed by atoms with Gasteiger partial charge in [0.1, 0.15) is 0 Å². The maximum atomic E-state index is 5.68. The molecule has 0 aliphatic heterocycles. The van der Waals surface area contributed by atoms with Crippen molar-refractivity contribution in [1.82, 2.24) is 0 Å². The zero-order chi connectivity index (χ0) is 13.0. The Balaban J connectivity index is 1.99. The van der Waals surface area contributed by atoms with Gasteiger partial charge in [-0.3, -0.25) is 4.84 Å². The summed E-state index contributed by atoms with van der Waals surface area (Å²) in [7, 11) is 0. The Kier molecular flexibility index (Phi) is 3.66. The molecule has 18 heavy (non-hydrogen) atoms. The van der Waals surface area contributed by atoms with Gasteiger partial charge in [0.25, 0.3) is 0 Å². The molecule has 0 bridgehead atoms. The molecule has 2 aromatic rings. The van der Waals surface area contributed by atoms with Gasteiger partial charge in [0.2, 0.25) is 12.4 Å². The van der Waals surface area contributed by atoms with E-state index in [-0.39, 0.29) is 5.41 Å². The van der Waals surface area contributed by atoms with Crippen LogP contribution < -0.4 is 9.57 Å². The monoisotopic (exact) mass is 242 g/mol. The second kappa shape index (κ2) is 5.21. The average Bonchev–Trinajstić information content (AvgIpc) is 2.37. The standard InChI is InChI=1S/C16H20NO/c1-16(2,3)15-9-11-17(12-10-15)18-13-14-7-5-4-6-8-14/h4-12H,13H2,1-3H3/q+1. The van der Waals surface area contributed by atoms with Crippen molar-refractivity contribution < 1.29 is 9.57 Å². The molecule has 2 heteroatoms. The largest absolute Gasteiger partial charge is 0.267 e. The van der Waals surface area contributed by atoms with E-state index in [1.807, 2.05) is 30.6 Å². The minimum atomic E-state index is 0.179. The second-order valence-corrected chi connectivity index (χ2v) is 5.46. The van der Waals surface area contributed by atoms with E-state index < -0.39 is 0 Å². The van der Waals surface area contributed by atoms with Crippen molar-refractivity contribution in [2.45, 2.75) is 32.8 Å². The van der Waals surface area contributed by atoms with Gasteiger partial charge >= 0.3 is 0 Å². The molecule has 0 spiro atoms. The third-order valence-corrected chi connectivity index (χ3v) is 2.89. The zero-order valence-corrected chi connectivity index (χ0v) is 11.3. The molecule has 1 heterocycles. The first-order valence-electron chi connectivity index (χ1n) is 6.25. The number of rotatable bonds is 3. The zero-order valence-electron chi connectivity index (χ0n) is 11.3. The van der Waals surface area contributed by atoms with Crippen LogP contribution in [-0.4, -0.2) is 0 Å². The molecule has 2 nitrogen and oxygen atoms in total. The molecule has 0 saturated carbocycles. The third-order valence-electron chi connectivity index (χ3n) is 2.89. The minimum Gasteiger partial charge on any atom is -0.267 e. The summed E-state index contributed by atoms with van der Waals surface area (Å²) < 4.78 is 1.75. The first-order chi connectivity index (χ1) is 8.55. The summed E-state index contributed by atoms with van der Waals surface area (Å²) in [6.45, 7) is 7.20. The number of aromatic nitrogens is 1. The predicted octanol–water partition coefficient (Wildman–Crippen LogP) is 2.90. The molecule has 1 aromatic heterocycles. The molecule has 0 unspecified atom stereocenters. The molecule has 2 rings (SSSR count). The van der Waals surface area contributed by atoms with Crippen LogP contribution in [-0.2, 0) is 12.0 Å². The van der Waals surface area contributed by atoms with E-state index in [1.165, 1.54) is 11.1 Å². The van der Waals surface area contributed by atoms with E-state index in [4.69, 9.17) is 4.84 Å². The maximum Gasteiger partial charge on any atom is 0.222 e. The molecular formula is C16H20NO+. The van der Waals surface area contributed by atoms with Gasteiger partial charge in [-0.2, -0.15) is 0 Å². The number of nitrogens with zero attached hydrogens (tertiary/aromatic N) is 1. The summed E-state index contributed by atoms with van der Waals surface area (Å²) in [5.74, 6) is 0. The Morgan fingerprint density at radius 1 is 0.944 bits per heavy atom. The Bertz CT molecular complexity index is 483. The van der Waals surface area contributed by atoms with Crippen LogP contribution in [0.3, 0.4) is 0 Å². The van der Waals surface area contributed by atoms with E-state index in [1.54, 1.807) is 4.73 Å². The van der Waals surface area contributed by atoms with Crippen LogP contribution in [0.1, 0.15) is 31.9 Å². The van der Waals surface area contributed by atoms with Gasteiger partial charge in [-0.15, -0.1) is 0 Å². The second-order valence-electron chi connectivity index (χ2n) is 5.46. The van der Waals surface area contributed by atoms with Crippen molar-refractivity contribution in [3.05, 3.63) is 66.0 Å². The maximum absolute atomic E-state index is 5.68. The SMILES string of the molecule is CC(C)(C)c1cc[n+](OCc2ccccc2)cc1. The molecule has 0 atom stereocenters. The van der Waals surface area contributed by atoms with E-state index in [0.29, 0.717) is 6.61 Å². The lowest BCUT2D eigenvalue weighted by Gasteiger charge is -2.17. The number of benzene rings is 1. The summed E-state index contributed by atoms with van der Waals surface area (Å²) in [6, 6.07) is 14.4.